The van der Waals surface area contributed by atoms with Crippen LogP contribution >= 0.6 is 0 Å². The minimum absolute atomic E-state index is 0.634. The highest BCUT2D eigenvalue weighted by atomic mass is 16.5. The van der Waals surface area contributed by atoms with Gasteiger partial charge in [-0.05, 0) is 45.6 Å². The summed E-state index contributed by atoms with van der Waals surface area (Å²) < 4.78 is 5.52. The quantitative estimate of drug-likeness (QED) is 0.590. The molecule has 0 radical (unpaired) electrons. The molecule has 1 aliphatic rings. The number of rotatable bonds is 7. The average molecular weight is 171 g/mol. The van der Waals surface area contributed by atoms with Crippen molar-refractivity contribution in [1.82, 2.24) is 5.32 Å². The maximum absolute atomic E-state index is 5.52. The topological polar surface area (TPSA) is 21.3 Å². The predicted octanol–water partition coefficient (Wildman–Crippen LogP) is 1.80. The first kappa shape index (κ1) is 10.0. The van der Waals surface area contributed by atoms with Crippen LogP contribution < -0.4 is 5.32 Å². The Bertz CT molecular complexity index is 112. The predicted molar refractivity (Wildman–Crippen MR) is 51.3 cm³/mol. The lowest BCUT2D eigenvalue weighted by Crippen LogP contribution is -2.21. The van der Waals surface area contributed by atoms with Crippen LogP contribution in [0.4, 0.5) is 0 Å². The van der Waals surface area contributed by atoms with Crippen molar-refractivity contribution in [2.75, 3.05) is 20.3 Å². The molecule has 0 aromatic carbocycles. The molecule has 1 fully saturated rings. The molecular weight excluding hydrogens is 150 g/mol. The van der Waals surface area contributed by atoms with Crippen LogP contribution in [0.2, 0.25) is 0 Å². The highest BCUT2D eigenvalue weighted by Gasteiger charge is 2.20. The van der Waals surface area contributed by atoms with E-state index < -0.39 is 0 Å². The summed E-state index contributed by atoms with van der Waals surface area (Å²) in [6.07, 6.45) is 5.20. The largest absolute Gasteiger partial charge is 0.381 e. The molecule has 0 spiro atoms. The SMILES string of the molecule is CNC(C)CCCOCC1CC1. The third-order valence-electron chi connectivity index (χ3n) is 2.47. The summed E-state index contributed by atoms with van der Waals surface area (Å²) >= 11 is 0. The van der Waals surface area contributed by atoms with Gasteiger partial charge in [-0.15, -0.1) is 0 Å². The standard InChI is InChI=1S/C10H21NO/c1-9(11-2)4-3-7-12-8-10-5-6-10/h9-11H,3-8H2,1-2H3. The van der Waals surface area contributed by atoms with Gasteiger partial charge in [-0.1, -0.05) is 0 Å². The molecule has 0 aromatic rings. The van der Waals surface area contributed by atoms with E-state index in [2.05, 4.69) is 12.2 Å². The van der Waals surface area contributed by atoms with Crippen LogP contribution in [-0.4, -0.2) is 26.3 Å². The summed E-state index contributed by atoms with van der Waals surface area (Å²) in [7, 11) is 2.01. The summed E-state index contributed by atoms with van der Waals surface area (Å²) in [5.74, 6) is 0.909. The molecule has 0 aliphatic heterocycles. The molecule has 0 heterocycles. The first-order valence-electron chi connectivity index (χ1n) is 5.08. The third kappa shape index (κ3) is 4.73. The van der Waals surface area contributed by atoms with E-state index in [1.165, 1.54) is 25.7 Å². The van der Waals surface area contributed by atoms with Crippen LogP contribution in [0.1, 0.15) is 32.6 Å². The Morgan fingerprint density at radius 2 is 2.25 bits per heavy atom. The molecule has 1 unspecified atom stereocenters. The minimum Gasteiger partial charge on any atom is -0.381 e. The van der Waals surface area contributed by atoms with E-state index in [9.17, 15) is 0 Å². The van der Waals surface area contributed by atoms with Crippen molar-refractivity contribution >= 4 is 0 Å². The Morgan fingerprint density at radius 1 is 1.50 bits per heavy atom. The van der Waals surface area contributed by atoms with Crippen molar-refractivity contribution in [3.05, 3.63) is 0 Å². The van der Waals surface area contributed by atoms with Crippen LogP contribution in [0.5, 0.6) is 0 Å². The molecule has 12 heavy (non-hydrogen) atoms. The fourth-order valence-corrected chi connectivity index (χ4v) is 1.17. The van der Waals surface area contributed by atoms with E-state index in [-0.39, 0.29) is 0 Å². The average Bonchev–Trinajstić information content (AvgIpc) is 2.87. The molecule has 2 nitrogen and oxygen atoms in total. The molecule has 72 valence electrons. The first-order chi connectivity index (χ1) is 5.83. The fourth-order valence-electron chi connectivity index (χ4n) is 1.17. The lowest BCUT2D eigenvalue weighted by molar-refractivity contribution is 0.119. The molecule has 0 aromatic heterocycles. The van der Waals surface area contributed by atoms with Gasteiger partial charge in [-0.25, -0.2) is 0 Å². The number of nitrogens with one attached hydrogen (secondary N) is 1. The van der Waals surface area contributed by atoms with Gasteiger partial charge in [-0.3, -0.25) is 0 Å². The second kappa shape index (κ2) is 5.55. The van der Waals surface area contributed by atoms with Crippen LogP contribution in [0.25, 0.3) is 0 Å². The van der Waals surface area contributed by atoms with E-state index in [1.807, 2.05) is 7.05 Å². The number of hydrogen-bond acceptors (Lipinski definition) is 2. The molecule has 1 saturated carbocycles. The van der Waals surface area contributed by atoms with Crippen molar-refractivity contribution in [3.63, 3.8) is 0 Å². The van der Waals surface area contributed by atoms with Crippen LogP contribution in [0.15, 0.2) is 0 Å². The van der Waals surface area contributed by atoms with Gasteiger partial charge in [-0.2, -0.15) is 0 Å². The van der Waals surface area contributed by atoms with Gasteiger partial charge in [0.05, 0.1) is 0 Å². The monoisotopic (exact) mass is 171 g/mol. The van der Waals surface area contributed by atoms with Gasteiger partial charge in [0.15, 0.2) is 0 Å². The number of hydrogen-bond donors (Lipinski definition) is 1. The van der Waals surface area contributed by atoms with Gasteiger partial charge < -0.3 is 10.1 Å². The second-order valence-electron chi connectivity index (χ2n) is 3.85. The van der Waals surface area contributed by atoms with E-state index in [0.29, 0.717) is 6.04 Å². The summed E-state index contributed by atoms with van der Waals surface area (Å²) in [5.41, 5.74) is 0. The van der Waals surface area contributed by atoms with Gasteiger partial charge in [0.25, 0.3) is 0 Å². The van der Waals surface area contributed by atoms with Crippen LogP contribution in [-0.2, 0) is 4.74 Å². The molecule has 1 atom stereocenters. The molecular formula is C10H21NO. The van der Waals surface area contributed by atoms with E-state index >= 15 is 0 Å². The Labute approximate surface area is 75.7 Å². The zero-order valence-corrected chi connectivity index (χ0v) is 8.31. The highest BCUT2D eigenvalue weighted by molar-refractivity contribution is 4.71. The van der Waals surface area contributed by atoms with Crippen molar-refractivity contribution < 1.29 is 4.74 Å². The highest BCUT2D eigenvalue weighted by Crippen LogP contribution is 2.28. The molecule has 1 aliphatic carbocycles. The normalized spacial score (nSPS) is 19.5. The molecule has 1 rings (SSSR count). The first-order valence-corrected chi connectivity index (χ1v) is 5.08. The fraction of sp³-hybridized carbons (Fsp3) is 1.00. The summed E-state index contributed by atoms with van der Waals surface area (Å²) in [4.78, 5) is 0. The minimum atomic E-state index is 0.634. The van der Waals surface area contributed by atoms with E-state index in [0.717, 1.165) is 19.1 Å². The van der Waals surface area contributed by atoms with E-state index in [1.54, 1.807) is 0 Å². The summed E-state index contributed by atoms with van der Waals surface area (Å²) in [6, 6.07) is 0.634. The molecule has 0 saturated heterocycles. The van der Waals surface area contributed by atoms with Crippen molar-refractivity contribution in [2.45, 2.75) is 38.6 Å². The van der Waals surface area contributed by atoms with Crippen molar-refractivity contribution in [1.29, 1.82) is 0 Å². The lowest BCUT2D eigenvalue weighted by atomic mass is 10.2. The molecule has 0 bridgehead atoms. The summed E-state index contributed by atoms with van der Waals surface area (Å²) in [5, 5.41) is 3.22. The summed E-state index contributed by atoms with van der Waals surface area (Å²) in [6.45, 7) is 4.16. The Balaban J connectivity index is 1.75. The van der Waals surface area contributed by atoms with Gasteiger partial charge in [0.1, 0.15) is 0 Å². The third-order valence-corrected chi connectivity index (χ3v) is 2.47. The maximum atomic E-state index is 5.52. The van der Waals surface area contributed by atoms with Gasteiger partial charge in [0.2, 0.25) is 0 Å². The Kier molecular flexibility index (Phi) is 4.62. The molecule has 1 N–H and O–H groups in total. The second-order valence-corrected chi connectivity index (χ2v) is 3.85. The van der Waals surface area contributed by atoms with Crippen LogP contribution in [0, 0.1) is 5.92 Å². The Hall–Kier alpha value is -0.0800. The van der Waals surface area contributed by atoms with Gasteiger partial charge >= 0.3 is 0 Å². The molecule has 0 amide bonds. The van der Waals surface area contributed by atoms with Crippen LogP contribution in [0.3, 0.4) is 0 Å². The zero-order valence-electron chi connectivity index (χ0n) is 8.31. The number of ether oxygens (including phenoxy) is 1. The lowest BCUT2D eigenvalue weighted by Gasteiger charge is -2.09. The van der Waals surface area contributed by atoms with Crippen molar-refractivity contribution in [2.24, 2.45) is 5.92 Å². The smallest absolute Gasteiger partial charge is 0.0494 e. The Morgan fingerprint density at radius 3 is 2.83 bits per heavy atom. The van der Waals surface area contributed by atoms with Gasteiger partial charge in [0, 0.05) is 19.3 Å². The molecule has 2 heteroatoms. The zero-order chi connectivity index (χ0) is 8.81. The van der Waals surface area contributed by atoms with E-state index in [4.69, 9.17) is 4.74 Å². The maximum Gasteiger partial charge on any atom is 0.0494 e. The van der Waals surface area contributed by atoms with Crippen molar-refractivity contribution in [3.8, 4) is 0 Å².